The van der Waals surface area contributed by atoms with Crippen molar-refractivity contribution in [2.75, 3.05) is 14.2 Å². The van der Waals surface area contributed by atoms with Crippen LogP contribution in [0.2, 0.25) is 0 Å². The van der Waals surface area contributed by atoms with Gasteiger partial charge < -0.3 is 14.6 Å². The van der Waals surface area contributed by atoms with Crippen molar-refractivity contribution in [3.63, 3.8) is 0 Å². The van der Waals surface area contributed by atoms with Crippen LogP contribution in [0.4, 0.5) is 0 Å². The Kier molecular flexibility index (Phi) is 2.56. The average molecular weight is 220 g/mol. The Morgan fingerprint density at radius 2 is 1.75 bits per heavy atom. The summed E-state index contributed by atoms with van der Waals surface area (Å²) in [5.74, 6) is 1.49. The van der Waals surface area contributed by atoms with Crippen LogP contribution >= 0.6 is 0 Å². The topological polar surface area (TPSA) is 42.6 Å². The van der Waals surface area contributed by atoms with Gasteiger partial charge >= 0.3 is 0 Å². The Bertz CT molecular complexity index is 489. The Morgan fingerprint density at radius 3 is 2.38 bits per heavy atom. The van der Waals surface area contributed by atoms with E-state index in [4.69, 9.17) is 9.47 Å². The van der Waals surface area contributed by atoms with Gasteiger partial charge in [-0.05, 0) is 0 Å². The summed E-state index contributed by atoms with van der Waals surface area (Å²) >= 11 is 0. The summed E-state index contributed by atoms with van der Waals surface area (Å²) in [6.45, 7) is 0. The smallest absolute Gasteiger partial charge is 0.220 e. The van der Waals surface area contributed by atoms with Crippen molar-refractivity contribution in [1.29, 1.82) is 0 Å². The molecule has 0 bridgehead atoms. The second kappa shape index (κ2) is 3.89. The Morgan fingerprint density at radius 1 is 1.12 bits per heavy atom. The van der Waals surface area contributed by atoms with Gasteiger partial charge in [0.15, 0.2) is 17.7 Å². The summed E-state index contributed by atoms with van der Waals surface area (Å²) < 4.78 is 12.3. The van der Waals surface area contributed by atoms with Gasteiger partial charge in [0.05, 0.1) is 25.7 Å². The van der Waals surface area contributed by atoms with Crippen LogP contribution in [0, 0.1) is 0 Å². The van der Waals surface area contributed by atoms with Crippen LogP contribution < -0.4 is 14.0 Å². The van der Waals surface area contributed by atoms with E-state index >= 15 is 0 Å². The molecule has 0 radical (unpaired) electrons. The van der Waals surface area contributed by atoms with Crippen molar-refractivity contribution >= 4 is 10.9 Å². The largest absolute Gasteiger partial charge is 0.507 e. The van der Waals surface area contributed by atoms with E-state index in [-0.39, 0.29) is 5.75 Å². The van der Waals surface area contributed by atoms with Crippen LogP contribution in [0.3, 0.4) is 0 Å². The van der Waals surface area contributed by atoms with Gasteiger partial charge in [-0.3, -0.25) is 0 Å². The van der Waals surface area contributed by atoms with Gasteiger partial charge in [0.1, 0.15) is 12.8 Å². The van der Waals surface area contributed by atoms with Gasteiger partial charge in [0.2, 0.25) is 5.52 Å². The van der Waals surface area contributed by atoms with E-state index in [1.807, 2.05) is 17.7 Å². The number of aryl methyl sites for hydroxylation is 1. The molecule has 4 nitrogen and oxygen atoms in total. The summed E-state index contributed by atoms with van der Waals surface area (Å²) in [5, 5.41) is 10.5. The van der Waals surface area contributed by atoms with Crippen molar-refractivity contribution in [3.05, 3.63) is 24.4 Å². The third-order valence-electron chi connectivity index (χ3n) is 2.61. The van der Waals surface area contributed by atoms with Crippen molar-refractivity contribution < 1.29 is 19.1 Å². The minimum atomic E-state index is 0.231. The maximum atomic E-state index is 9.77. The van der Waals surface area contributed by atoms with Crippen molar-refractivity contribution in [2.24, 2.45) is 7.05 Å². The number of methoxy groups -OCH3 is 2. The number of benzene rings is 1. The number of rotatable bonds is 2. The number of ether oxygens (including phenoxy) is 2. The van der Waals surface area contributed by atoms with Gasteiger partial charge in [-0.2, -0.15) is 0 Å². The molecule has 4 heteroatoms. The van der Waals surface area contributed by atoms with Crippen LogP contribution in [0.5, 0.6) is 17.2 Å². The number of aromatic hydroxyl groups is 1. The Labute approximate surface area is 93.7 Å². The van der Waals surface area contributed by atoms with E-state index in [9.17, 15) is 5.11 Å². The van der Waals surface area contributed by atoms with Gasteiger partial charge in [-0.25, -0.2) is 4.57 Å². The number of hydrogen-bond donors (Lipinski definition) is 1. The molecular formula is C12H14NO3+. The lowest BCUT2D eigenvalue weighted by Gasteiger charge is -2.08. The van der Waals surface area contributed by atoms with E-state index in [2.05, 4.69) is 0 Å². The highest BCUT2D eigenvalue weighted by atomic mass is 16.5. The first-order valence-corrected chi connectivity index (χ1v) is 4.90. The zero-order valence-corrected chi connectivity index (χ0v) is 9.52. The number of aromatic nitrogens is 1. The molecule has 16 heavy (non-hydrogen) atoms. The molecule has 1 aromatic heterocycles. The van der Waals surface area contributed by atoms with E-state index < -0.39 is 0 Å². The molecule has 0 saturated heterocycles. The first-order valence-electron chi connectivity index (χ1n) is 4.90. The number of pyridine rings is 1. The number of hydrogen-bond acceptors (Lipinski definition) is 3. The zero-order chi connectivity index (χ0) is 11.7. The summed E-state index contributed by atoms with van der Waals surface area (Å²) in [4.78, 5) is 0. The molecule has 1 N–H and O–H groups in total. The fourth-order valence-electron chi connectivity index (χ4n) is 1.72. The predicted octanol–water partition coefficient (Wildman–Crippen LogP) is 1.39. The molecule has 0 fully saturated rings. The molecule has 1 heterocycles. The van der Waals surface area contributed by atoms with Crippen molar-refractivity contribution in [3.8, 4) is 17.2 Å². The number of fused-ring (bicyclic) bond motifs is 1. The molecule has 1 aromatic carbocycles. The minimum Gasteiger partial charge on any atom is -0.507 e. The zero-order valence-electron chi connectivity index (χ0n) is 9.52. The van der Waals surface area contributed by atoms with Crippen LogP contribution in [0.25, 0.3) is 10.9 Å². The SMILES string of the molecule is COc1cc2c(O)cc[n+](C)c2cc1OC. The average Bonchev–Trinajstić information content (AvgIpc) is 2.32. The summed E-state index contributed by atoms with van der Waals surface area (Å²) in [6, 6.07) is 5.26. The lowest BCUT2D eigenvalue weighted by Crippen LogP contribution is -2.27. The van der Waals surface area contributed by atoms with E-state index in [1.165, 1.54) is 0 Å². The lowest BCUT2D eigenvalue weighted by atomic mass is 10.1. The molecule has 0 aliphatic heterocycles. The lowest BCUT2D eigenvalue weighted by molar-refractivity contribution is -0.644. The quantitative estimate of drug-likeness (QED) is 0.778. The molecule has 0 aliphatic rings. The fraction of sp³-hybridized carbons (Fsp3) is 0.250. The van der Waals surface area contributed by atoms with Crippen LogP contribution in [0.15, 0.2) is 24.4 Å². The van der Waals surface area contributed by atoms with Gasteiger partial charge in [-0.1, -0.05) is 0 Å². The highest BCUT2D eigenvalue weighted by Crippen LogP contribution is 2.33. The second-order valence-corrected chi connectivity index (χ2v) is 3.54. The Hall–Kier alpha value is -1.97. The Balaban J connectivity index is 2.82. The van der Waals surface area contributed by atoms with Gasteiger partial charge in [0, 0.05) is 12.1 Å². The molecule has 0 unspecified atom stereocenters. The fourth-order valence-corrected chi connectivity index (χ4v) is 1.72. The van der Waals surface area contributed by atoms with Crippen molar-refractivity contribution in [2.45, 2.75) is 0 Å². The standard InChI is InChI=1S/C12H13NO3/c1-13-5-4-10(14)8-6-11(15-2)12(16-3)7-9(8)13/h4-7H,1-3H3/p+1. The molecule has 84 valence electrons. The van der Waals surface area contributed by atoms with Crippen LogP contribution in [0.1, 0.15) is 0 Å². The van der Waals surface area contributed by atoms with E-state index in [0.717, 1.165) is 10.9 Å². The summed E-state index contributed by atoms with van der Waals surface area (Å²) in [6.07, 6.45) is 1.80. The van der Waals surface area contributed by atoms with Crippen molar-refractivity contribution in [1.82, 2.24) is 0 Å². The summed E-state index contributed by atoms with van der Waals surface area (Å²) in [7, 11) is 5.07. The van der Waals surface area contributed by atoms with E-state index in [0.29, 0.717) is 11.5 Å². The van der Waals surface area contributed by atoms with Crippen LogP contribution in [-0.4, -0.2) is 19.3 Å². The first kappa shape index (κ1) is 10.5. The molecule has 0 amide bonds. The van der Waals surface area contributed by atoms with Gasteiger partial charge in [0.25, 0.3) is 0 Å². The normalized spacial score (nSPS) is 10.4. The molecule has 2 aromatic rings. The molecule has 0 atom stereocenters. The molecule has 0 aliphatic carbocycles. The van der Waals surface area contributed by atoms with E-state index in [1.54, 1.807) is 32.5 Å². The maximum absolute atomic E-state index is 9.77. The third kappa shape index (κ3) is 1.52. The minimum absolute atomic E-state index is 0.231. The second-order valence-electron chi connectivity index (χ2n) is 3.54. The monoisotopic (exact) mass is 220 g/mol. The van der Waals surface area contributed by atoms with Crippen LogP contribution in [-0.2, 0) is 7.05 Å². The highest BCUT2D eigenvalue weighted by Gasteiger charge is 2.14. The number of nitrogens with zero attached hydrogens (tertiary/aromatic N) is 1. The predicted molar refractivity (Wildman–Crippen MR) is 59.9 cm³/mol. The molecule has 0 spiro atoms. The molecule has 2 rings (SSSR count). The maximum Gasteiger partial charge on any atom is 0.220 e. The third-order valence-corrected chi connectivity index (χ3v) is 2.61. The summed E-state index contributed by atoms with van der Waals surface area (Å²) in [5.41, 5.74) is 0.887. The first-order chi connectivity index (χ1) is 7.67. The highest BCUT2D eigenvalue weighted by molar-refractivity contribution is 5.85. The van der Waals surface area contributed by atoms with Gasteiger partial charge in [-0.15, -0.1) is 0 Å². The molecule has 0 saturated carbocycles. The molecular weight excluding hydrogens is 206 g/mol.